The Morgan fingerprint density at radius 2 is 1.65 bits per heavy atom. The summed E-state index contributed by atoms with van der Waals surface area (Å²) in [6, 6.07) is 6.12. The number of fused-ring (bicyclic) bond motifs is 4. The van der Waals surface area contributed by atoms with E-state index in [9.17, 15) is 48.0 Å². The zero-order valence-corrected chi connectivity index (χ0v) is 36.3. The summed E-state index contributed by atoms with van der Waals surface area (Å²) in [6.45, 7) is 0.430. The minimum absolute atomic E-state index is 0.00629. The number of pyridine rings is 1. The number of aromatic nitrogens is 5. The van der Waals surface area contributed by atoms with Gasteiger partial charge in [-0.15, -0.1) is 0 Å². The van der Waals surface area contributed by atoms with Crippen molar-refractivity contribution in [1.29, 1.82) is 0 Å². The Kier molecular flexibility index (Phi) is 11.3. The van der Waals surface area contributed by atoms with Crippen LogP contribution in [0.2, 0.25) is 5.02 Å². The molecule has 65 heavy (non-hydrogen) atoms. The van der Waals surface area contributed by atoms with Crippen LogP contribution in [0.3, 0.4) is 0 Å². The van der Waals surface area contributed by atoms with Gasteiger partial charge in [0.2, 0.25) is 15.9 Å². The van der Waals surface area contributed by atoms with E-state index in [1.54, 1.807) is 0 Å². The number of carbonyl (C=O) groups excluding carboxylic acids is 1. The van der Waals surface area contributed by atoms with Crippen molar-refractivity contribution in [3.63, 3.8) is 0 Å². The van der Waals surface area contributed by atoms with E-state index in [1.807, 2.05) is 0 Å². The van der Waals surface area contributed by atoms with Crippen LogP contribution in [0.4, 0.5) is 40.9 Å². The fourth-order valence-corrected chi connectivity index (χ4v) is 9.19. The Balaban J connectivity index is 1.32. The zero-order valence-electron chi connectivity index (χ0n) is 33.9. The smallest absolute Gasteiger partial charge is 0.324 e. The van der Waals surface area contributed by atoms with E-state index in [1.165, 1.54) is 38.1 Å². The van der Waals surface area contributed by atoms with Gasteiger partial charge >= 0.3 is 5.92 Å². The van der Waals surface area contributed by atoms with Gasteiger partial charge < -0.3 is 5.32 Å². The number of nitrogens with one attached hydrogen (secondary N) is 2. The second-order valence-electron chi connectivity index (χ2n) is 16.0. The maximum Gasteiger partial charge on any atom is 0.324 e. The van der Waals surface area contributed by atoms with E-state index in [2.05, 4.69) is 48.5 Å². The highest BCUT2D eigenvalue weighted by Gasteiger charge is 2.55. The number of allylic oxidation sites excluding steroid dienone is 2. The number of sulfonamides is 1. The van der Waals surface area contributed by atoms with Crippen LogP contribution >= 0.6 is 11.6 Å². The molecule has 3 aromatic heterocycles. The van der Waals surface area contributed by atoms with Crippen molar-refractivity contribution in [2.24, 2.45) is 0 Å². The molecular weight excluding hydrogens is 934 g/mol. The molecule has 3 heterocycles. The van der Waals surface area contributed by atoms with Crippen LogP contribution in [-0.2, 0) is 50.1 Å². The van der Waals surface area contributed by atoms with Crippen LogP contribution in [0.5, 0.6) is 0 Å². The molecule has 1 saturated carbocycles. The van der Waals surface area contributed by atoms with Gasteiger partial charge in [0.1, 0.15) is 46.6 Å². The fraction of sp³-hybridized carbons (Fsp3) is 0.333. The maximum absolute atomic E-state index is 15.6. The lowest BCUT2D eigenvalue weighted by molar-refractivity contribution is -0.122. The fourth-order valence-electron chi connectivity index (χ4n) is 7.37. The predicted molar refractivity (Wildman–Crippen MR) is 221 cm³/mol. The third kappa shape index (κ3) is 8.54. The Morgan fingerprint density at radius 3 is 2.25 bits per heavy atom. The van der Waals surface area contributed by atoms with E-state index in [0.717, 1.165) is 23.1 Å². The molecule has 3 aliphatic carbocycles. The van der Waals surface area contributed by atoms with Crippen LogP contribution in [0.15, 0.2) is 59.5 Å². The number of anilines is 1. The van der Waals surface area contributed by atoms with Crippen molar-refractivity contribution >= 4 is 59.7 Å². The van der Waals surface area contributed by atoms with E-state index < -0.39 is 114 Å². The molecule has 1 amide bonds. The number of sulfone groups is 1. The minimum Gasteiger partial charge on any atom is -0.346 e. The molecule has 23 heteroatoms. The molecule has 0 radical (unpaired) electrons. The van der Waals surface area contributed by atoms with Gasteiger partial charge in [-0.1, -0.05) is 35.1 Å². The topological polar surface area (TPSA) is 158 Å². The molecule has 0 bridgehead atoms. The van der Waals surface area contributed by atoms with Gasteiger partial charge in [0, 0.05) is 29.0 Å². The van der Waals surface area contributed by atoms with Crippen molar-refractivity contribution in [3.8, 4) is 23.0 Å². The van der Waals surface area contributed by atoms with E-state index in [-0.39, 0.29) is 55.4 Å². The summed E-state index contributed by atoms with van der Waals surface area (Å²) in [5.74, 6) is -2.26. The first-order valence-electron chi connectivity index (χ1n) is 19.4. The molecule has 12 nitrogen and oxygen atoms in total. The first kappa shape index (κ1) is 45.6. The lowest BCUT2D eigenvalue weighted by atomic mass is 9.93. The van der Waals surface area contributed by atoms with Crippen molar-refractivity contribution in [1.82, 2.24) is 29.9 Å². The summed E-state index contributed by atoms with van der Waals surface area (Å²) < 4.78 is 171. The molecule has 0 spiro atoms. The lowest BCUT2D eigenvalue weighted by Crippen LogP contribution is -2.35. The van der Waals surface area contributed by atoms with Gasteiger partial charge in [-0.05, 0) is 74.9 Å². The highest BCUT2D eigenvalue weighted by Crippen LogP contribution is 2.55. The summed E-state index contributed by atoms with van der Waals surface area (Å²) in [5.41, 5.74) is 0.0717. The Labute approximate surface area is 370 Å². The molecular formula is C42H32ClF8N7O5S2. The number of halogens is 9. The maximum atomic E-state index is 15.6. The van der Waals surface area contributed by atoms with Gasteiger partial charge in [0.25, 0.3) is 12.9 Å². The number of carbonyl (C=O) groups is 1. The predicted octanol–water partition coefficient (Wildman–Crippen LogP) is 7.79. The van der Waals surface area contributed by atoms with E-state index in [4.69, 9.17) is 11.6 Å². The van der Waals surface area contributed by atoms with Gasteiger partial charge in [-0.2, -0.15) is 19.0 Å². The van der Waals surface area contributed by atoms with Crippen molar-refractivity contribution in [2.45, 2.75) is 81.0 Å². The molecule has 8 rings (SSSR count). The number of benzene rings is 2. The number of hydrogen-bond acceptors (Lipinski definition) is 8. The van der Waals surface area contributed by atoms with Crippen LogP contribution < -0.4 is 10.0 Å². The van der Waals surface area contributed by atoms with Crippen LogP contribution in [-0.4, -0.2) is 70.0 Å². The summed E-state index contributed by atoms with van der Waals surface area (Å²) in [4.78, 5) is 18.7. The first-order valence-corrected chi connectivity index (χ1v) is 23.2. The highest BCUT2D eigenvalue weighted by molar-refractivity contribution is 7.93. The normalized spacial score (nSPS) is 15.8. The van der Waals surface area contributed by atoms with Crippen LogP contribution in [0.1, 0.15) is 73.1 Å². The number of hydrogen-bond donors (Lipinski definition) is 2. The molecule has 5 aromatic rings. The van der Waals surface area contributed by atoms with Crippen molar-refractivity contribution < 1.29 is 56.8 Å². The average molecular weight is 966 g/mol. The minimum atomic E-state index is -4.05. The largest absolute Gasteiger partial charge is 0.346 e. The third-order valence-electron chi connectivity index (χ3n) is 10.9. The molecule has 1 atom stereocenters. The van der Waals surface area contributed by atoms with E-state index >= 15 is 8.78 Å². The summed E-state index contributed by atoms with van der Waals surface area (Å²) in [7, 11) is -7.85. The monoisotopic (exact) mass is 965 g/mol. The Bertz CT molecular complexity index is 3250. The standard InChI is InChI=1S/C42H32ClF8N7O5S2/c1-41(2,64(3,60)61)13-12-23-4-7-25(26-9-11-29(43)34-37(26)57(18-31(46)47)55-40(34)56-65(62,63)24-5-6-24)35(52-23)30(16-20-14-21(44)17-22(45)15-20)53-32(59)19-58-38-33(36(54-58)39(48)49)27-8-10-28(27)42(38,50)51/h4,7,9,11,14-15,17,24,30-31,39H,5-6,16,18-19H2,1-3H3,(H,53,59)(H,55,56). The Hall–Kier alpha value is -5.97. The summed E-state index contributed by atoms with van der Waals surface area (Å²) >= 11 is 6.62. The molecule has 0 saturated heterocycles. The average Bonchev–Trinajstić information content (AvgIpc) is 3.86. The quantitative estimate of drug-likeness (QED) is 0.0649. The zero-order chi connectivity index (χ0) is 47.1. The molecule has 340 valence electrons. The highest BCUT2D eigenvalue weighted by atomic mass is 35.5. The molecule has 1 unspecified atom stereocenters. The number of alkyl halides is 6. The lowest BCUT2D eigenvalue weighted by Gasteiger charge is -2.23. The number of rotatable bonds is 14. The molecule has 2 N–H and O–H groups in total. The third-order valence-corrected chi connectivity index (χ3v) is 15.0. The van der Waals surface area contributed by atoms with Gasteiger partial charge in [-0.25, -0.2) is 48.2 Å². The van der Waals surface area contributed by atoms with Gasteiger partial charge in [-0.3, -0.25) is 18.9 Å². The van der Waals surface area contributed by atoms with Crippen molar-refractivity contribution in [2.75, 3.05) is 11.0 Å². The molecule has 3 aliphatic rings. The second-order valence-corrected chi connectivity index (χ2v) is 20.9. The summed E-state index contributed by atoms with van der Waals surface area (Å²) in [6.07, 6.45) is -5.32. The molecule has 1 fully saturated rings. The van der Waals surface area contributed by atoms with Crippen LogP contribution in [0, 0.1) is 23.5 Å². The Morgan fingerprint density at radius 1 is 0.969 bits per heavy atom. The number of nitrogens with zero attached hydrogens (tertiary/aromatic N) is 5. The SMILES string of the molecule is CC(C)(C#Cc1ccc(-c2ccc(Cl)c3c(NS(=O)(=O)C4CC4)nn(CC(F)F)c23)c(C(Cc2cc(F)cc(F)c2)NC(=O)Cn2nc(C(F)F)c3c2C(F)(F)C2=C=C=C23)n1)S(C)(=O)=O. The van der Waals surface area contributed by atoms with Gasteiger partial charge in [0.15, 0.2) is 15.7 Å². The van der Waals surface area contributed by atoms with Crippen LogP contribution in [0.25, 0.3) is 27.6 Å². The van der Waals surface area contributed by atoms with Gasteiger partial charge in [0.05, 0.1) is 44.1 Å². The molecule has 2 aromatic carbocycles. The summed E-state index contributed by atoms with van der Waals surface area (Å²) in [5, 5.41) is 9.37. The van der Waals surface area contributed by atoms with E-state index in [0.29, 0.717) is 23.6 Å². The second kappa shape index (κ2) is 16.2. The molecule has 0 aliphatic heterocycles. The number of amides is 1. The first-order chi connectivity index (χ1) is 30.4. The van der Waals surface area contributed by atoms with Crippen molar-refractivity contribution in [3.05, 3.63) is 110 Å².